The Kier molecular flexibility index (Phi) is 4.15. The lowest BCUT2D eigenvalue weighted by molar-refractivity contribution is 0.0328. The van der Waals surface area contributed by atoms with Crippen molar-refractivity contribution in [1.82, 2.24) is 14.5 Å². The van der Waals surface area contributed by atoms with E-state index in [-0.39, 0.29) is 17.3 Å². The summed E-state index contributed by atoms with van der Waals surface area (Å²) >= 11 is 0. The summed E-state index contributed by atoms with van der Waals surface area (Å²) in [5.41, 5.74) is 2.31. The lowest BCUT2D eigenvalue weighted by Gasteiger charge is -2.26. The Morgan fingerprint density at radius 3 is 2.21 bits per heavy atom. The van der Waals surface area contributed by atoms with Gasteiger partial charge in [-0.05, 0) is 12.1 Å². The van der Waals surface area contributed by atoms with Gasteiger partial charge >= 0.3 is 0 Å². The maximum Gasteiger partial charge on any atom is 0.214 e. The SMILES string of the molecule is O=C1c2ccccc2C(=O)c2c1nc(CN1CCOCC1)n2-c1ccccc1. The number of ether oxygens (including phenoxy) is 1. The van der Waals surface area contributed by atoms with Crippen molar-refractivity contribution in [2.45, 2.75) is 6.54 Å². The Balaban J connectivity index is 1.68. The lowest BCUT2D eigenvalue weighted by atomic mass is 9.90. The molecule has 0 N–H and O–H groups in total. The van der Waals surface area contributed by atoms with E-state index in [4.69, 9.17) is 4.74 Å². The summed E-state index contributed by atoms with van der Waals surface area (Å²) in [4.78, 5) is 33.3. The van der Waals surface area contributed by atoms with Crippen molar-refractivity contribution in [2.75, 3.05) is 26.3 Å². The number of para-hydroxylation sites is 1. The Labute approximate surface area is 162 Å². The van der Waals surface area contributed by atoms with Gasteiger partial charge in [-0.25, -0.2) is 4.98 Å². The van der Waals surface area contributed by atoms with Crippen LogP contribution < -0.4 is 0 Å². The highest BCUT2D eigenvalue weighted by atomic mass is 16.5. The van der Waals surface area contributed by atoms with Crippen molar-refractivity contribution < 1.29 is 14.3 Å². The minimum atomic E-state index is -0.192. The molecule has 1 saturated heterocycles. The first-order valence-corrected chi connectivity index (χ1v) is 9.39. The third-order valence-corrected chi connectivity index (χ3v) is 5.28. The Bertz CT molecular complexity index is 1070. The summed E-state index contributed by atoms with van der Waals surface area (Å²) in [5, 5.41) is 0. The number of imidazole rings is 1. The molecular weight excluding hydrogens is 354 g/mol. The fourth-order valence-corrected chi connectivity index (χ4v) is 3.89. The van der Waals surface area contributed by atoms with E-state index >= 15 is 0 Å². The number of hydrogen-bond acceptors (Lipinski definition) is 5. The molecule has 0 atom stereocenters. The second kappa shape index (κ2) is 6.82. The van der Waals surface area contributed by atoms with E-state index in [2.05, 4.69) is 9.88 Å². The summed E-state index contributed by atoms with van der Waals surface area (Å²) in [5.74, 6) is 0.352. The van der Waals surface area contributed by atoms with Crippen LogP contribution in [0.25, 0.3) is 5.69 Å². The molecule has 140 valence electrons. The maximum atomic E-state index is 13.3. The molecule has 1 aromatic heterocycles. The topological polar surface area (TPSA) is 64.4 Å². The van der Waals surface area contributed by atoms with E-state index in [0.717, 1.165) is 18.8 Å². The second-order valence-electron chi connectivity index (χ2n) is 6.99. The van der Waals surface area contributed by atoms with Crippen molar-refractivity contribution in [1.29, 1.82) is 0 Å². The van der Waals surface area contributed by atoms with Gasteiger partial charge in [0.2, 0.25) is 11.6 Å². The summed E-state index contributed by atoms with van der Waals surface area (Å²) in [7, 11) is 0. The Hall–Kier alpha value is -3.09. The number of rotatable bonds is 3. The molecular formula is C22H19N3O3. The number of hydrogen-bond donors (Lipinski definition) is 0. The molecule has 1 aliphatic heterocycles. The summed E-state index contributed by atoms with van der Waals surface area (Å²) < 4.78 is 7.28. The van der Waals surface area contributed by atoms with Gasteiger partial charge in [0.05, 0.1) is 19.8 Å². The molecule has 5 rings (SSSR count). The van der Waals surface area contributed by atoms with Crippen LogP contribution in [0.15, 0.2) is 54.6 Å². The zero-order chi connectivity index (χ0) is 19.1. The van der Waals surface area contributed by atoms with Gasteiger partial charge < -0.3 is 4.74 Å². The van der Waals surface area contributed by atoms with E-state index in [1.165, 1.54) is 0 Å². The number of benzene rings is 2. The van der Waals surface area contributed by atoms with Crippen LogP contribution in [0.3, 0.4) is 0 Å². The molecule has 0 amide bonds. The fourth-order valence-electron chi connectivity index (χ4n) is 3.89. The van der Waals surface area contributed by atoms with Crippen LogP contribution in [0.5, 0.6) is 0 Å². The van der Waals surface area contributed by atoms with Crippen molar-refractivity contribution in [3.05, 3.63) is 82.9 Å². The average Bonchev–Trinajstić information content (AvgIpc) is 3.13. The van der Waals surface area contributed by atoms with Gasteiger partial charge in [0.15, 0.2) is 0 Å². The molecule has 2 heterocycles. The number of morpholine rings is 1. The first kappa shape index (κ1) is 17.0. The first-order valence-electron chi connectivity index (χ1n) is 9.39. The molecule has 0 unspecified atom stereocenters. The molecule has 6 heteroatoms. The van der Waals surface area contributed by atoms with E-state index < -0.39 is 0 Å². The molecule has 0 radical (unpaired) electrons. The summed E-state index contributed by atoms with van der Waals surface area (Å²) in [6, 6.07) is 16.6. The first-order chi connectivity index (χ1) is 13.7. The maximum absolute atomic E-state index is 13.3. The molecule has 2 aromatic carbocycles. The largest absolute Gasteiger partial charge is 0.379 e. The number of aromatic nitrogens is 2. The molecule has 1 aliphatic carbocycles. The predicted molar refractivity (Wildman–Crippen MR) is 103 cm³/mol. The standard InChI is InChI=1S/C22H19N3O3/c26-21-16-8-4-5-9-17(16)22(27)20-19(21)23-18(14-24-10-12-28-13-11-24)25(20)15-6-2-1-3-7-15/h1-9H,10-14H2. The zero-order valence-electron chi connectivity index (χ0n) is 15.3. The molecule has 0 spiro atoms. The molecule has 1 fully saturated rings. The van der Waals surface area contributed by atoms with Crippen LogP contribution in [0, 0.1) is 0 Å². The van der Waals surface area contributed by atoms with E-state index in [1.807, 2.05) is 34.9 Å². The minimum Gasteiger partial charge on any atom is -0.379 e. The monoisotopic (exact) mass is 373 g/mol. The Morgan fingerprint density at radius 1 is 0.857 bits per heavy atom. The van der Waals surface area contributed by atoms with Crippen molar-refractivity contribution in [3.8, 4) is 5.69 Å². The number of ketones is 2. The number of fused-ring (bicyclic) bond motifs is 2. The fraction of sp³-hybridized carbons (Fsp3) is 0.227. The van der Waals surface area contributed by atoms with Gasteiger partial charge in [-0.1, -0.05) is 42.5 Å². The highest BCUT2D eigenvalue weighted by molar-refractivity contribution is 6.27. The van der Waals surface area contributed by atoms with Crippen LogP contribution in [0.4, 0.5) is 0 Å². The van der Waals surface area contributed by atoms with Crippen LogP contribution in [-0.4, -0.2) is 52.3 Å². The van der Waals surface area contributed by atoms with Crippen LogP contribution in [-0.2, 0) is 11.3 Å². The van der Waals surface area contributed by atoms with E-state index in [9.17, 15) is 9.59 Å². The molecule has 3 aromatic rings. The number of carbonyl (C=O) groups is 2. The molecule has 0 bridgehead atoms. The smallest absolute Gasteiger partial charge is 0.214 e. The minimum absolute atomic E-state index is 0.158. The van der Waals surface area contributed by atoms with Crippen molar-refractivity contribution in [3.63, 3.8) is 0 Å². The Morgan fingerprint density at radius 2 is 1.50 bits per heavy atom. The number of carbonyl (C=O) groups excluding carboxylic acids is 2. The molecule has 6 nitrogen and oxygen atoms in total. The third-order valence-electron chi connectivity index (χ3n) is 5.28. The van der Waals surface area contributed by atoms with Gasteiger partial charge in [-0.2, -0.15) is 0 Å². The third kappa shape index (κ3) is 2.69. The molecule has 28 heavy (non-hydrogen) atoms. The van der Waals surface area contributed by atoms with Gasteiger partial charge in [0.25, 0.3) is 0 Å². The van der Waals surface area contributed by atoms with Crippen LogP contribution in [0.2, 0.25) is 0 Å². The molecule has 0 saturated carbocycles. The van der Waals surface area contributed by atoms with Gasteiger partial charge in [-0.3, -0.25) is 19.1 Å². The highest BCUT2D eigenvalue weighted by Gasteiger charge is 2.36. The second-order valence-corrected chi connectivity index (χ2v) is 6.99. The van der Waals surface area contributed by atoms with Crippen molar-refractivity contribution >= 4 is 11.6 Å². The zero-order valence-corrected chi connectivity index (χ0v) is 15.3. The van der Waals surface area contributed by atoms with Gasteiger partial charge in [0, 0.05) is 29.9 Å². The predicted octanol–water partition coefficient (Wildman–Crippen LogP) is 2.48. The normalized spacial score (nSPS) is 16.7. The summed E-state index contributed by atoms with van der Waals surface area (Å²) in [6.07, 6.45) is 0. The summed E-state index contributed by atoms with van der Waals surface area (Å²) in [6.45, 7) is 3.51. The van der Waals surface area contributed by atoms with Gasteiger partial charge in [0.1, 0.15) is 17.2 Å². The highest BCUT2D eigenvalue weighted by Crippen LogP contribution is 2.30. The van der Waals surface area contributed by atoms with E-state index in [1.54, 1.807) is 24.3 Å². The van der Waals surface area contributed by atoms with Crippen LogP contribution >= 0.6 is 0 Å². The van der Waals surface area contributed by atoms with Gasteiger partial charge in [-0.15, -0.1) is 0 Å². The van der Waals surface area contributed by atoms with Crippen LogP contribution in [0.1, 0.15) is 37.9 Å². The number of nitrogens with zero attached hydrogens (tertiary/aromatic N) is 3. The lowest BCUT2D eigenvalue weighted by Crippen LogP contribution is -2.36. The molecule has 2 aliphatic rings. The van der Waals surface area contributed by atoms with Crippen molar-refractivity contribution in [2.24, 2.45) is 0 Å². The quantitative estimate of drug-likeness (QED) is 0.552. The average molecular weight is 373 g/mol. The van der Waals surface area contributed by atoms with E-state index in [0.29, 0.717) is 42.4 Å².